The number of aromatic nitrogens is 4. The van der Waals surface area contributed by atoms with Crippen LogP contribution in [0.25, 0.3) is 11.2 Å². The summed E-state index contributed by atoms with van der Waals surface area (Å²) in [5.41, 5.74) is 5.98. The van der Waals surface area contributed by atoms with E-state index in [0.717, 1.165) is 30.0 Å². The van der Waals surface area contributed by atoms with Crippen LogP contribution in [0, 0.1) is 29.0 Å². The minimum absolute atomic E-state index is 0.00683. The Morgan fingerprint density at radius 2 is 2.09 bits per heavy atom. The highest BCUT2D eigenvalue weighted by Crippen LogP contribution is 2.23. The molecule has 0 radical (unpaired) electrons. The van der Waals surface area contributed by atoms with Gasteiger partial charge < -0.3 is 10.6 Å². The average Bonchev–Trinajstić information content (AvgIpc) is 3.19. The van der Waals surface area contributed by atoms with Gasteiger partial charge in [0.05, 0.1) is 24.7 Å². The Morgan fingerprint density at radius 1 is 1.30 bits per heavy atom. The summed E-state index contributed by atoms with van der Waals surface area (Å²) in [5.74, 6) is 5.81. The van der Waals surface area contributed by atoms with Gasteiger partial charge in [0.1, 0.15) is 5.82 Å². The number of rotatable bonds is 4. The average molecular weight is 449 g/mol. The summed E-state index contributed by atoms with van der Waals surface area (Å²) in [6, 6.07) is 5.60. The van der Waals surface area contributed by atoms with Gasteiger partial charge >= 0.3 is 5.69 Å². The molecule has 0 unspecified atom stereocenters. The van der Waals surface area contributed by atoms with Crippen LogP contribution in [0.3, 0.4) is 0 Å². The number of halogens is 1. The molecule has 4 rings (SSSR count). The fourth-order valence-electron chi connectivity index (χ4n) is 4.20. The molecule has 1 aliphatic rings. The van der Waals surface area contributed by atoms with E-state index in [-0.39, 0.29) is 35.9 Å². The van der Waals surface area contributed by atoms with Crippen molar-refractivity contribution < 1.29 is 4.39 Å². The number of benzene rings is 1. The first-order valence-corrected chi connectivity index (χ1v) is 10.6. The normalized spacial score (nSPS) is 15.8. The maximum absolute atomic E-state index is 13.6. The van der Waals surface area contributed by atoms with E-state index in [1.54, 1.807) is 18.5 Å². The van der Waals surface area contributed by atoms with Crippen molar-refractivity contribution in [1.82, 2.24) is 18.7 Å². The lowest BCUT2D eigenvalue weighted by molar-refractivity contribution is 0.496. The van der Waals surface area contributed by atoms with Gasteiger partial charge in [0.15, 0.2) is 11.2 Å². The second-order valence-electron chi connectivity index (χ2n) is 8.09. The highest BCUT2D eigenvalue weighted by molar-refractivity contribution is 5.75. The van der Waals surface area contributed by atoms with Crippen molar-refractivity contribution in [3.05, 3.63) is 56.0 Å². The number of nitriles is 1. The molecular weight excluding hydrogens is 425 g/mol. The summed E-state index contributed by atoms with van der Waals surface area (Å²) in [6.07, 6.45) is 1.81. The minimum Gasteiger partial charge on any atom is -0.341 e. The fourth-order valence-corrected chi connectivity index (χ4v) is 4.20. The third-order valence-corrected chi connectivity index (χ3v) is 5.89. The molecule has 2 aromatic heterocycles. The van der Waals surface area contributed by atoms with Crippen molar-refractivity contribution in [2.45, 2.75) is 38.9 Å². The van der Waals surface area contributed by atoms with Crippen molar-refractivity contribution in [3.63, 3.8) is 0 Å². The SMILES string of the molecule is CC#CCn1c(N2CCC[C@@H](N)C2)nc2c1c(=O)n(Cc1ccc(F)cc1C#N)c(=O)n2C. The van der Waals surface area contributed by atoms with Crippen molar-refractivity contribution in [2.24, 2.45) is 12.8 Å². The molecular formula is C23H24FN7O2. The largest absolute Gasteiger partial charge is 0.341 e. The van der Waals surface area contributed by atoms with Gasteiger partial charge in [-0.1, -0.05) is 12.0 Å². The molecule has 3 heterocycles. The second-order valence-corrected chi connectivity index (χ2v) is 8.09. The second kappa shape index (κ2) is 8.93. The van der Waals surface area contributed by atoms with E-state index in [1.165, 1.54) is 16.7 Å². The maximum Gasteiger partial charge on any atom is 0.332 e. The highest BCUT2D eigenvalue weighted by Gasteiger charge is 2.26. The van der Waals surface area contributed by atoms with Crippen LogP contribution in [0.15, 0.2) is 27.8 Å². The number of imidazole rings is 1. The number of nitrogens with two attached hydrogens (primary N) is 1. The first-order chi connectivity index (χ1) is 15.8. The molecule has 0 aliphatic carbocycles. The lowest BCUT2D eigenvalue weighted by Crippen LogP contribution is -2.44. The third-order valence-electron chi connectivity index (χ3n) is 5.89. The molecule has 0 spiro atoms. The standard InChI is InChI=1S/C23H24FN7O2/c1-3-4-10-30-19-20(27-22(30)29-9-5-6-18(26)14-29)28(2)23(33)31(21(19)32)13-15-7-8-17(24)11-16(15)12-25/h7-8,11,18H,5-6,9-10,13-14,26H2,1-2H3/t18-/m1/s1. The van der Waals surface area contributed by atoms with Gasteiger partial charge in [0.2, 0.25) is 5.95 Å². The molecule has 1 aromatic carbocycles. The Balaban J connectivity index is 1.94. The Hall–Kier alpha value is -3.89. The van der Waals surface area contributed by atoms with Gasteiger partial charge in [-0.3, -0.25) is 18.5 Å². The number of piperidine rings is 1. The van der Waals surface area contributed by atoms with Crippen molar-refractivity contribution >= 4 is 17.1 Å². The zero-order valence-corrected chi connectivity index (χ0v) is 18.5. The molecule has 10 heteroatoms. The summed E-state index contributed by atoms with van der Waals surface area (Å²) in [7, 11) is 1.55. The Bertz CT molecular complexity index is 1450. The van der Waals surface area contributed by atoms with Gasteiger partial charge in [-0.25, -0.2) is 9.18 Å². The molecule has 3 aromatic rings. The zero-order valence-electron chi connectivity index (χ0n) is 18.5. The monoisotopic (exact) mass is 449 g/mol. The van der Waals surface area contributed by atoms with E-state index in [2.05, 4.69) is 16.8 Å². The van der Waals surface area contributed by atoms with E-state index in [9.17, 15) is 19.2 Å². The molecule has 0 amide bonds. The smallest absolute Gasteiger partial charge is 0.332 e. The summed E-state index contributed by atoms with van der Waals surface area (Å²) in [5, 5.41) is 9.36. The first kappa shape index (κ1) is 22.3. The predicted molar refractivity (Wildman–Crippen MR) is 122 cm³/mol. The number of nitrogens with zero attached hydrogens (tertiary/aromatic N) is 6. The van der Waals surface area contributed by atoms with Crippen LogP contribution in [-0.2, 0) is 20.1 Å². The molecule has 1 aliphatic heterocycles. The van der Waals surface area contributed by atoms with E-state index in [0.29, 0.717) is 18.1 Å². The minimum atomic E-state index is -0.575. The van der Waals surface area contributed by atoms with E-state index in [4.69, 9.17) is 5.73 Å². The third kappa shape index (κ3) is 4.01. The highest BCUT2D eigenvalue weighted by atomic mass is 19.1. The van der Waals surface area contributed by atoms with Crippen molar-refractivity contribution in [1.29, 1.82) is 5.26 Å². The molecule has 33 heavy (non-hydrogen) atoms. The van der Waals surface area contributed by atoms with E-state index >= 15 is 0 Å². The fraction of sp³-hybridized carbons (Fsp3) is 0.391. The maximum atomic E-state index is 13.6. The molecule has 1 fully saturated rings. The summed E-state index contributed by atoms with van der Waals surface area (Å²) in [4.78, 5) is 33.3. The molecule has 2 N–H and O–H groups in total. The van der Waals surface area contributed by atoms with Gasteiger partial charge in [0.25, 0.3) is 5.56 Å². The van der Waals surface area contributed by atoms with Crippen molar-refractivity contribution in [3.8, 4) is 17.9 Å². The van der Waals surface area contributed by atoms with Gasteiger partial charge in [-0.15, -0.1) is 5.92 Å². The lowest BCUT2D eigenvalue weighted by Gasteiger charge is -2.31. The number of hydrogen-bond donors (Lipinski definition) is 1. The van der Waals surface area contributed by atoms with Crippen LogP contribution in [0.2, 0.25) is 0 Å². The first-order valence-electron chi connectivity index (χ1n) is 10.6. The number of fused-ring (bicyclic) bond motifs is 1. The van der Waals surface area contributed by atoms with Gasteiger partial charge in [-0.05, 0) is 37.5 Å². The zero-order chi connectivity index (χ0) is 23.7. The Labute approximate surface area is 189 Å². The predicted octanol–water partition coefficient (Wildman–Crippen LogP) is 0.907. The number of aryl methyl sites for hydroxylation is 1. The van der Waals surface area contributed by atoms with Crippen LogP contribution in [-0.4, -0.2) is 37.8 Å². The Kier molecular flexibility index (Phi) is 6.03. The summed E-state index contributed by atoms with van der Waals surface area (Å²) < 4.78 is 17.6. The molecule has 0 saturated carbocycles. The van der Waals surface area contributed by atoms with Crippen LogP contribution < -0.4 is 21.9 Å². The topological polar surface area (TPSA) is 115 Å². The van der Waals surface area contributed by atoms with Crippen LogP contribution in [0.5, 0.6) is 0 Å². The van der Waals surface area contributed by atoms with Crippen LogP contribution in [0.1, 0.15) is 30.9 Å². The lowest BCUT2D eigenvalue weighted by atomic mass is 10.1. The Morgan fingerprint density at radius 3 is 2.79 bits per heavy atom. The van der Waals surface area contributed by atoms with Crippen LogP contribution >= 0.6 is 0 Å². The summed E-state index contributed by atoms with van der Waals surface area (Å²) in [6.45, 7) is 3.09. The number of anilines is 1. The summed E-state index contributed by atoms with van der Waals surface area (Å²) >= 11 is 0. The molecule has 1 saturated heterocycles. The number of hydrogen-bond acceptors (Lipinski definition) is 6. The van der Waals surface area contributed by atoms with Gasteiger partial charge in [-0.2, -0.15) is 10.2 Å². The quantitative estimate of drug-likeness (QED) is 0.592. The van der Waals surface area contributed by atoms with E-state index in [1.807, 2.05) is 11.0 Å². The molecule has 9 nitrogen and oxygen atoms in total. The van der Waals surface area contributed by atoms with Gasteiger partial charge in [0, 0.05) is 26.2 Å². The van der Waals surface area contributed by atoms with Crippen molar-refractivity contribution in [2.75, 3.05) is 18.0 Å². The molecule has 0 bridgehead atoms. The van der Waals surface area contributed by atoms with E-state index < -0.39 is 17.1 Å². The molecule has 1 atom stereocenters. The van der Waals surface area contributed by atoms with Crippen LogP contribution in [0.4, 0.5) is 10.3 Å². The molecule has 170 valence electrons.